The van der Waals surface area contributed by atoms with Crippen LogP contribution >= 0.6 is 0 Å². The minimum absolute atomic E-state index is 0.662. The van der Waals surface area contributed by atoms with Crippen molar-refractivity contribution in [2.24, 2.45) is 5.73 Å². The Bertz CT molecular complexity index is 597. The Hall–Kier alpha value is -2.04. The van der Waals surface area contributed by atoms with Gasteiger partial charge < -0.3 is 20.5 Å². The molecule has 0 heterocycles. The van der Waals surface area contributed by atoms with Crippen LogP contribution in [0.4, 0.5) is 0 Å². The highest BCUT2D eigenvalue weighted by Gasteiger charge is 2.03. The molecule has 2 rings (SSSR count). The normalized spacial score (nSPS) is 10.6. The molecule has 0 aliphatic heterocycles. The number of nitrogens with two attached hydrogens (primary N) is 1. The summed E-state index contributed by atoms with van der Waals surface area (Å²) in [4.78, 5) is 0. The van der Waals surface area contributed by atoms with Gasteiger partial charge >= 0.3 is 0 Å². The van der Waals surface area contributed by atoms with Gasteiger partial charge in [-0.2, -0.15) is 0 Å². The van der Waals surface area contributed by atoms with Gasteiger partial charge in [-0.15, -0.1) is 0 Å². The molecular formula is C19H26N2O2. The highest BCUT2D eigenvalue weighted by molar-refractivity contribution is 5.41. The molecule has 0 radical (unpaired) electrons. The van der Waals surface area contributed by atoms with Crippen LogP contribution in [0.15, 0.2) is 42.5 Å². The van der Waals surface area contributed by atoms with Crippen molar-refractivity contribution in [1.82, 2.24) is 5.32 Å². The van der Waals surface area contributed by atoms with Crippen LogP contribution in [0, 0.1) is 6.92 Å². The molecule has 2 aromatic carbocycles. The number of ether oxygens (including phenoxy) is 2. The molecule has 3 N–H and O–H groups in total. The van der Waals surface area contributed by atoms with Crippen molar-refractivity contribution >= 4 is 0 Å². The second-order valence-electron chi connectivity index (χ2n) is 5.52. The molecule has 4 nitrogen and oxygen atoms in total. The Kier molecular flexibility index (Phi) is 6.91. The van der Waals surface area contributed by atoms with Crippen molar-refractivity contribution in [3.63, 3.8) is 0 Å². The fraction of sp³-hybridized carbons (Fsp3) is 0.368. The van der Waals surface area contributed by atoms with Crippen molar-refractivity contribution in [2.45, 2.75) is 19.8 Å². The van der Waals surface area contributed by atoms with Crippen molar-refractivity contribution in [2.75, 3.05) is 26.7 Å². The van der Waals surface area contributed by atoms with E-state index >= 15 is 0 Å². The van der Waals surface area contributed by atoms with Crippen LogP contribution in [-0.4, -0.2) is 26.7 Å². The van der Waals surface area contributed by atoms with E-state index in [4.69, 9.17) is 15.2 Å². The van der Waals surface area contributed by atoms with E-state index in [0.717, 1.165) is 42.2 Å². The molecule has 0 atom stereocenters. The lowest BCUT2D eigenvalue weighted by atomic mass is 10.1. The van der Waals surface area contributed by atoms with Crippen LogP contribution in [0.25, 0.3) is 0 Å². The zero-order valence-electron chi connectivity index (χ0n) is 14.0. The van der Waals surface area contributed by atoms with E-state index in [2.05, 4.69) is 24.4 Å². The van der Waals surface area contributed by atoms with Crippen LogP contribution in [0.5, 0.6) is 17.2 Å². The van der Waals surface area contributed by atoms with Gasteiger partial charge in [0.1, 0.15) is 17.2 Å². The average molecular weight is 314 g/mol. The van der Waals surface area contributed by atoms with Gasteiger partial charge in [0.2, 0.25) is 0 Å². The van der Waals surface area contributed by atoms with Crippen LogP contribution < -0.4 is 20.5 Å². The van der Waals surface area contributed by atoms with Crippen molar-refractivity contribution < 1.29 is 9.47 Å². The first-order valence-electron chi connectivity index (χ1n) is 8.08. The van der Waals surface area contributed by atoms with Gasteiger partial charge in [-0.3, -0.25) is 0 Å². The molecule has 23 heavy (non-hydrogen) atoms. The van der Waals surface area contributed by atoms with Crippen LogP contribution in [0.2, 0.25) is 0 Å². The first-order chi connectivity index (χ1) is 11.2. The summed E-state index contributed by atoms with van der Waals surface area (Å²) in [5.41, 5.74) is 7.94. The molecule has 0 aliphatic rings. The van der Waals surface area contributed by atoms with E-state index in [1.807, 2.05) is 37.4 Å². The molecule has 0 spiro atoms. The smallest absolute Gasteiger partial charge is 0.130 e. The fourth-order valence-corrected chi connectivity index (χ4v) is 2.32. The fourth-order valence-electron chi connectivity index (χ4n) is 2.32. The number of aryl methyl sites for hydroxylation is 1. The molecule has 0 saturated heterocycles. The number of nitrogens with one attached hydrogen (secondary N) is 1. The Labute approximate surface area is 138 Å². The summed E-state index contributed by atoms with van der Waals surface area (Å²) in [5, 5.41) is 3.10. The Morgan fingerprint density at radius 2 is 1.78 bits per heavy atom. The van der Waals surface area contributed by atoms with E-state index in [1.165, 1.54) is 5.56 Å². The lowest BCUT2D eigenvalue weighted by Crippen LogP contribution is -2.11. The largest absolute Gasteiger partial charge is 0.494 e. The molecule has 124 valence electrons. The summed E-state index contributed by atoms with van der Waals surface area (Å²) in [5.74, 6) is 2.54. The number of hydrogen-bond donors (Lipinski definition) is 2. The number of hydrogen-bond acceptors (Lipinski definition) is 4. The van der Waals surface area contributed by atoms with Gasteiger partial charge in [0.05, 0.1) is 6.61 Å². The number of benzene rings is 2. The van der Waals surface area contributed by atoms with Crippen molar-refractivity contribution in [3.05, 3.63) is 53.6 Å². The van der Waals surface area contributed by atoms with E-state index in [1.54, 1.807) is 0 Å². The minimum atomic E-state index is 0.662. The van der Waals surface area contributed by atoms with Crippen LogP contribution in [-0.2, 0) is 6.42 Å². The summed E-state index contributed by atoms with van der Waals surface area (Å²) in [6.45, 7) is 4.38. The lowest BCUT2D eigenvalue weighted by molar-refractivity contribution is 0.309. The molecule has 0 bridgehead atoms. The first-order valence-corrected chi connectivity index (χ1v) is 8.08. The second-order valence-corrected chi connectivity index (χ2v) is 5.52. The maximum absolute atomic E-state index is 5.94. The highest BCUT2D eigenvalue weighted by atomic mass is 16.5. The van der Waals surface area contributed by atoms with Gasteiger partial charge in [-0.05, 0) is 81.4 Å². The quantitative estimate of drug-likeness (QED) is 0.698. The Morgan fingerprint density at radius 3 is 2.43 bits per heavy atom. The Balaban J connectivity index is 1.92. The van der Waals surface area contributed by atoms with Crippen molar-refractivity contribution in [3.8, 4) is 17.2 Å². The summed E-state index contributed by atoms with van der Waals surface area (Å²) < 4.78 is 11.6. The standard InChI is InChI=1S/C19H26N2O2/c1-15-14-16(10-11-20)4-9-19(15)23-18-7-5-17(6-8-18)22-13-3-12-21-2/h4-9,14,21H,3,10-13,20H2,1-2H3. The van der Waals surface area contributed by atoms with Gasteiger partial charge in [-0.1, -0.05) is 12.1 Å². The molecule has 0 fully saturated rings. The molecule has 0 saturated carbocycles. The number of rotatable bonds is 9. The molecule has 4 heteroatoms. The van der Waals surface area contributed by atoms with E-state index in [-0.39, 0.29) is 0 Å². The van der Waals surface area contributed by atoms with Gasteiger partial charge in [0.15, 0.2) is 0 Å². The molecule has 0 amide bonds. The average Bonchev–Trinajstić information content (AvgIpc) is 2.56. The summed E-state index contributed by atoms with van der Waals surface area (Å²) in [6, 6.07) is 13.9. The van der Waals surface area contributed by atoms with Gasteiger partial charge in [0, 0.05) is 0 Å². The third-order valence-electron chi connectivity index (χ3n) is 3.56. The van der Waals surface area contributed by atoms with E-state index in [9.17, 15) is 0 Å². The molecule has 0 aromatic heterocycles. The Morgan fingerprint density at radius 1 is 1.04 bits per heavy atom. The summed E-state index contributed by atoms with van der Waals surface area (Å²) >= 11 is 0. The topological polar surface area (TPSA) is 56.5 Å². The predicted octanol–water partition coefficient (Wildman–Crippen LogP) is 3.28. The second kappa shape index (κ2) is 9.18. The first kappa shape index (κ1) is 17.3. The van der Waals surface area contributed by atoms with Crippen molar-refractivity contribution in [1.29, 1.82) is 0 Å². The molecule has 0 unspecified atom stereocenters. The predicted molar refractivity (Wildman–Crippen MR) is 94.5 cm³/mol. The van der Waals surface area contributed by atoms with E-state index in [0.29, 0.717) is 13.2 Å². The minimum Gasteiger partial charge on any atom is -0.494 e. The highest BCUT2D eigenvalue weighted by Crippen LogP contribution is 2.27. The van der Waals surface area contributed by atoms with Gasteiger partial charge in [-0.25, -0.2) is 0 Å². The summed E-state index contributed by atoms with van der Waals surface area (Å²) in [7, 11) is 1.94. The maximum atomic E-state index is 5.94. The van der Waals surface area contributed by atoms with Crippen LogP contribution in [0.1, 0.15) is 17.5 Å². The zero-order chi connectivity index (χ0) is 16.5. The maximum Gasteiger partial charge on any atom is 0.130 e. The molecular weight excluding hydrogens is 288 g/mol. The zero-order valence-corrected chi connectivity index (χ0v) is 14.0. The third kappa shape index (κ3) is 5.58. The third-order valence-corrected chi connectivity index (χ3v) is 3.56. The monoisotopic (exact) mass is 314 g/mol. The lowest BCUT2D eigenvalue weighted by Gasteiger charge is -2.11. The van der Waals surface area contributed by atoms with Crippen LogP contribution in [0.3, 0.4) is 0 Å². The van der Waals surface area contributed by atoms with Gasteiger partial charge in [0.25, 0.3) is 0 Å². The molecule has 2 aromatic rings. The van der Waals surface area contributed by atoms with E-state index < -0.39 is 0 Å². The summed E-state index contributed by atoms with van der Waals surface area (Å²) in [6.07, 6.45) is 1.88. The SMILES string of the molecule is CNCCCOc1ccc(Oc2ccc(CCN)cc2C)cc1. The molecule has 0 aliphatic carbocycles.